The summed E-state index contributed by atoms with van der Waals surface area (Å²) in [5, 5.41) is 2.76. The number of hydrogen-bond acceptors (Lipinski definition) is 5. The van der Waals surface area contributed by atoms with E-state index in [1.807, 2.05) is 18.2 Å². The third kappa shape index (κ3) is 5.70. The van der Waals surface area contributed by atoms with Crippen molar-refractivity contribution in [1.29, 1.82) is 0 Å². The lowest BCUT2D eigenvalue weighted by Crippen LogP contribution is -2.47. The number of pyridine rings is 1. The Bertz CT molecular complexity index is 976. The van der Waals surface area contributed by atoms with Crippen LogP contribution in [0.25, 0.3) is 0 Å². The van der Waals surface area contributed by atoms with Gasteiger partial charge >= 0.3 is 6.18 Å². The number of halogens is 3. The smallest absolute Gasteiger partial charge is 0.356 e. The number of carbonyl (C=O) groups is 1. The standard InChI is InChI=1S/C19H21F3N4O3S/c20-19(21,22)14-4-3-5-16(12-14)30(28,29)24-13-18(27)25-15-7-10-26(11-8-15)17-6-1-2-9-23-17/h1-6,9,12,15,24H,7-8,10-11,13H2,(H,25,27). The first-order valence-corrected chi connectivity index (χ1v) is 10.8. The van der Waals surface area contributed by atoms with Gasteiger partial charge in [0, 0.05) is 25.3 Å². The fourth-order valence-electron chi connectivity index (χ4n) is 3.16. The number of nitrogens with one attached hydrogen (secondary N) is 2. The summed E-state index contributed by atoms with van der Waals surface area (Å²) in [6.45, 7) is 0.828. The molecule has 30 heavy (non-hydrogen) atoms. The SMILES string of the molecule is O=C(CNS(=O)(=O)c1cccc(C(F)(F)F)c1)NC1CCN(c2ccccn2)CC1. The Balaban J connectivity index is 1.50. The van der Waals surface area contributed by atoms with E-state index in [-0.39, 0.29) is 6.04 Å². The molecule has 2 heterocycles. The summed E-state index contributed by atoms with van der Waals surface area (Å²) >= 11 is 0. The van der Waals surface area contributed by atoms with E-state index < -0.39 is 39.1 Å². The van der Waals surface area contributed by atoms with Gasteiger partial charge in [-0.05, 0) is 43.2 Å². The van der Waals surface area contributed by atoms with E-state index in [1.165, 1.54) is 0 Å². The number of alkyl halides is 3. The normalized spacial score (nSPS) is 15.8. The van der Waals surface area contributed by atoms with E-state index in [0.717, 1.165) is 24.0 Å². The van der Waals surface area contributed by atoms with Gasteiger partial charge in [-0.3, -0.25) is 4.79 Å². The van der Waals surface area contributed by atoms with Crippen molar-refractivity contribution in [2.45, 2.75) is 30.0 Å². The van der Waals surface area contributed by atoms with E-state index in [1.54, 1.807) is 6.20 Å². The molecule has 1 aliphatic heterocycles. The first-order chi connectivity index (χ1) is 14.1. The Morgan fingerprint density at radius 3 is 2.50 bits per heavy atom. The second kappa shape index (κ2) is 9.00. The number of rotatable bonds is 6. The molecule has 1 aliphatic rings. The molecule has 1 fully saturated rings. The molecule has 162 valence electrons. The molecule has 1 amide bonds. The summed E-state index contributed by atoms with van der Waals surface area (Å²) in [4.78, 5) is 18.0. The van der Waals surface area contributed by atoms with E-state index in [2.05, 4.69) is 19.9 Å². The van der Waals surface area contributed by atoms with Crippen LogP contribution in [0, 0.1) is 0 Å². The molecule has 2 N–H and O–H groups in total. The topological polar surface area (TPSA) is 91.4 Å². The van der Waals surface area contributed by atoms with Gasteiger partial charge in [-0.25, -0.2) is 18.1 Å². The van der Waals surface area contributed by atoms with Gasteiger partial charge in [-0.15, -0.1) is 0 Å². The van der Waals surface area contributed by atoms with Crippen molar-refractivity contribution in [3.05, 3.63) is 54.2 Å². The van der Waals surface area contributed by atoms with Gasteiger partial charge in [0.2, 0.25) is 15.9 Å². The summed E-state index contributed by atoms with van der Waals surface area (Å²) in [6, 6.07) is 8.88. The fourth-order valence-corrected chi connectivity index (χ4v) is 4.18. The number of hydrogen-bond donors (Lipinski definition) is 2. The highest BCUT2D eigenvalue weighted by Gasteiger charge is 2.31. The van der Waals surface area contributed by atoms with E-state index >= 15 is 0 Å². The van der Waals surface area contributed by atoms with E-state index in [0.29, 0.717) is 32.0 Å². The summed E-state index contributed by atoms with van der Waals surface area (Å²) in [5.74, 6) is 0.318. The molecule has 0 bridgehead atoms. The summed E-state index contributed by atoms with van der Waals surface area (Å²) in [6.07, 6.45) is -1.61. The highest BCUT2D eigenvalue weighted by molar-refractivity contribution is 7.89. The molecule has 1 saturated heterocycles. The molecule has 0 unspecified atom stereocenters. The number of piperidine rings is 1. The van der Waals surface area contributed by atoms with Gasteiger partial charge in [0.25, 0.3) is 0 Å². The van der Waals surface area contributed by atoms with Crippen molar-refractivity contribution in [1.82, 2.24) is 15.0 Å². The van der Waals surface area contributed by atoms with E-state index in [9.17, 15) is 26.4 Å². The number of amides is 1. The molecule has 0 radical (unpaired) electrons. The second-order valence-corrected chi connectivity index (χ2v) is 8.63. The Labute approximate surface area is 172 Å². The van der Waals surface area contributed by atoms with Crippen LogP contribution < -0.4 is 14.9 Å². The van der Waals surface area contributed by atoms with Crippen molar-refractivity contribution in [3.8, 4) is 0 Å². The predicted octanol–water partition coefficient (Wildman–Crippen LogP) is 2.16. The molecule has 0 spiro atoms. The van der Waals surface area contributed by atoms with Crippen molar-refractivity contribution in [3.63, 3.8) is 0 Å². The van der Waals surface area contributed by atoms with Crippen LogP contribution in [0.3, 0.4) is 0 Å². The second-order valence-electron chi connectivity index (χ2n) is 6.87. The van der Waals surface area contributed by atoms with Gasteiger partial charge in [-0.1, -0.05) is 12.1 Å². The number of aromatic nitrogens is 1. The van der Waals surface area contributed by atoms with Crippen LogP contribution in [0.1, 0.15) is 18.4 Å². The van der Waals surface area contributed by atoms with Crippen LogP contribution in [0.15, 0.2) is 53.6 Å². The maximum atomic E-state index is 12.8. The minimum atomic E-state index is -4.66. The Morgan fingerprint density at radius 2 is 1.87 bits per heavy atom. The largest absolute Gasteiger partial charge is 0.416 e. The Hall–Kier alpha value is -2.66. The fraction of sp³-hybridized carbons (Fsp3) is 0.368. The van der Waals surface area contributed by atoms with Crippen LogP contribution in [0.2, 0.25) is 0 Å². The molecule has 3 rings (SSSR count). The van der Waals surface area contributed by atoms with Gasteiger partial charge in [0.1, 0.15) is 5.82 Å². The molecule has 7 nitrogen and oxygen atoms in total. The van der Waals surface area contributed by atoms with Crippen LogP contribution >= 0.6 is 0 Å². The number of carbonyl (C=O) groups excluding carboxylic acids is 1. The zero-order valence-electron chi connectivity index (χ0n) is 15.9. The summed E-state index contributed by atoms with van der Waals surface area (Å²) < 4.78 is 64.9. The Kier molecular flexibility index (Phi) is 6.61. The highest BCUT2D eigenvalue weighted by atomic mass is 32.2. The molecule has 0 saturated carbocycles. The lowest BCUT2D eigenvalue weighted by atomic mass is 10.1. The minimum absolute atomic E-state index is 0.115. The summed E-state index contributed by atoms with van der Waals surface area (Å²) in [5.41, 5.74) is -1.07. The molecular formula is C19H21F3N4O3S. The first kappa shape index (κ1) is 22.0. The number of anilines is 1. The zero-order chi connectivity index (χ0) is 21.8. The van der Waals surface area contributed by atoms with Gasteiger partial charge < -0.3 is 10.2 Å². The maximum absolute atomic E-state index is 12.8. The van der Waals surface area contributed by atoms with Crippen LogP contribution in [0.5, 0.6) is 0 Å². The third-order valence-corrected chi connectivity index (χ3v) is 6.13. The molecule has 1 aromatic carbocycles. The lowest BCUT2D eigenvalue weighted by Gasteiger charge is -2.33. The molecule has 0 aliphatic carbocycles. The van der Waals surface area contributed by atoms with Gasteiger partial charge in [0.15, 0.2) is 0 Å². The number of benzene rings is 1. The molecule has 11 heteroatoms. The number of nitrogens with zero attached hydrogens (tertiary/aromatic N) is 2. The Morgan fingerprint density at radius 1 is 1.13 bits per heavy atom. The average molecular weight is 442 g/mol. The molecular weight excluding hydrogens is 421 g/mol. The van der Waals surface area contributed by atoms with Crippen LogP contribution in [-0.2, 0) is 21.0 Å². The quantitative estimate of drug-likeness (QED) is 0.716. The van der Waals surface area contributed by atoms with Crippen molar-refractivity contribution in [2.24, 2.45) is 0 Å². The van der Waals surface area contributed by atoms with Crippen molar-refractivity contribution >= 4 is 21.7 Å². The molecule has 0 atom stereocenters. The minimum Gasteiger partial charge on any atom is -0.356 e. The third-order valence-electron chi connectivity index (χ3n) is 4.73. The van der Waals surface area contributed by atoms with Crippen LogP contribution in [0.4, 0.5) is 19.0 Å². The van der Waals surface area contributed by atoms with E-state index in [4.69, 9.17) is 0 Å². The first-order valence-electron chi connectivity index (χ1n) is 9.27. The van der Waals surface area contributed by atoms with Gasteiger partial charge in [-0.2, -0.15) is 13.2 Å². The predicted molar refractivity (Wildman–Crippen MR) is 104 cm³/mol. The maximum Gasteiger partial charge on any atom is 0.416 e. The van der Waals surface area contributed by atoms with Crippen LogP contribution in [-0.4, -0.2) is 45.0 Å². The number of sulfonamides is 1. The van der Waals surface area contributed by atoms with Crippen molar-refractivity contribution in [2.75, 3.05) is 24.5 Å². The monoisotopic (exact) mass is 442 g/mol. The van der Waals surface area contributed by atoms with Crippen molar-refractivity contribution < 1.29 is 26.4 Å². The average Bonchev–Trinajstić information content (AvgIpc) is 2.73. The summed E-state index contributed by atoms with van der Waals surface area (Å²) in [7, 11) is -4.25. The molecule has 2 aromatic rings. The highest BCUT2D eigenvalue weighted by Crippen LogP contribution is 2.30. The van der Waals surface area contributed by atoms with Gasteiger partial charge in [0.05, 0.1) is 17.0 Å². The lowest BCUT2D eigenvalue weighted by molar-refractivity contribution is -0.137. The molecule has 1 aromatic heterocycles. The zero-order valence-corrected chi connectivity index (χ0v) is 16.7.